The van der Waals surface area contributed by atoms with E-state index < -0.39 is 6.10 Å². The Labute approximate surface area is 91.9 Å². The molecule has 0 bridgehead atoms. The average Bonchev–Trinajstić information content (AvgIpc) is 2.17. The van der Waals surface area contributed by atoms with Crippen molar-refractivity contribution in [2.45, 2.75) is 12.6 Å². The first-order valence-corrected chi connectivity index (χ1v) is 5.25. The van der Waals surface area contributed by atoms with Gasteiger partial charge >= 0.3 is 0 Å². The van der Waals surface area contributed by atoms with E-state index in [-0.39, 0.29) is 6.61 Å². The highest BCUT2D eigenvalue weighted by Gasteiger charge is 2.00. The van der Waals surface area contributed by atoms with Crippen molar-refractivity contribution >= 4 is 15.9 Å². The molecule has 0 unspecified atom stereocenters. The maximum Gasteiger partial charge on any atom is 0.0895 e. The summed E-state index contributed by atoms with van der Waals surface area (Å²) in [6.07, 6.45) is -0.679. The average molecular weight is 260 g/mol. The second-order valence-electron chi connectivity index (χ2n) is 3.10. The van der Waals surface area contributed by atoms with E-state index in [0.717, 1.165) is 10.0 Å². The SMILES string of the molecule is OC[C@H](O)CNCc1cccc(Br)c1. The summed E-state index contributed by atoms with van der Waals surface area (Å²) < 4.78 is 1.04. The minimum absolute atomic E-state index is 0.203. The fourth-order valence-corrected chi connectivity index (χ4v) is 1.54. The first-order valence-electron chi connectivity index (χ1n) is 4.46. The summed E-state index contributed by atoms with van der Waals surface area (Å²) in [5, 5.41) is 20.7. The molecule has 0 radical (unpaired) electrons. The van der Waals surface area contributed by atoms with Crippen molar-refractivity contribution in [3.8, 4) is 0 Å². The van der Waals surface area contributed by atoms with Crippen LogP contribution in [0.2, 0.25) is 0 Å². The van der Waals surface area contributed by atoms with Crippen LogP contribution in [0.25, 0.3) is 0 Å². The van der Waals surface area contributed by atoms with Crippen LogP contribution < -0.4 is 5.32 Å². The molecule has 0 saturated heterocycles. The molecule has 0 aliphatic carbocycles. The van der Waals surface area contributed by atoms with E-state index in [9.17, 15) is 0 Å². The van der Waals surface area contributed by atoms with E-state index >= 15 is 0 Å². The largest absolute Gasteiger partial charge is 0.394 e. The molecule has 1 rings (SSSR count). The van der Waals surface area contributed by atoms with Gasteiger partial charge in [0.05, 0.1) is 12.7 Å². The molecule has 0 fully saturated rings. The Kier molecular flexibility index (Phi) is 5.11. The van der Waals surface area contributed by atoms with Crippen molar-refractivity contribution < 1.29 is 10.2 Å². The summed E-state index contributed by atoms with van der Waals surface area (Å²) in [6, 6.07) is 7.94. The molecule has 0 spiro atoms. The van der Waals surface area contributed by atoms with Crippen molar-refractivity contribution in [1.29, 1.82) is 0 Å². The number of halogens is 1. The zero-order valence-electron chi connectivity index (χ0n) is 7.78. The van der Waals surface area contributed by atoms with Gasteiger partial charge in [0.15, 0.2) is 0 Å². The van der Waals surface area contributed by atoms with E-state index in [1.54, 1.807) is 0 Å². The minimum atomic E-state index is -0.679. The third-order valence-electron chi connectivity index (χ3n) is 1.81. The van der Waals surface area contributed by atoms with E-state index in [4.69, 9.17) is 10.2 Å². The van der Waals surface area contributed by atoms with Gasteiger partial charge in [-0.1, -0.05) is 28.1 Å². The fraction of sp³-hybridized carbons (Fsp3) is 0.400. The Morgan fingerprint density at radius 1 is 1.43 bits per heavy atom. The van der Waals surface area contributed by atoms with Crippen molar-refractivity contribution in [3.05, 3.63) is 34.3 Å². The second-order valence-corrected chi connectivity index (χ2v) is 4.01. The smallest absolute Gasteiger partial charge is 0.0895 e. The van der Waals surface area contributed by atoms with Crippen LogP contribution in [0.3, 0.4) is 0 Å². The van der Waals surface area contributed by atoms with Crippen LogP contribution in [0.5, 0.6) is 0 Å². The Bertz CT molecular complexity index is 281. The summed E-state index contributed by atoms with van der Waals surface area (Å²) in [6.45, 7) is 0.894. The minimum Gasteiger partial charge on any atom is -0.394 e. The molecule has 4 heteroatoms. The van der Waals surface area contributed by atoms with E-state index in [2.05, 4.69) is 21.2 Å². The molecule has 1 aromatic carbocycles. The van der Waals surface area contributed by atoms with Gasteiger partial charge in [-0.3, -0.25) is 0 Å². The van der Waals surface area contributed by atoms with Gasteiger partial charge in [0.25, 0.3) is 0 Å². The first-order chi connectivity index (χ1) is 6.72. The lowest BCUT2D eigenvalue weighted by molar-refractivity contribution is 0.0942. The lowest BCUT2D eigenvalue weighted by Gasteiger charge is -2.08. The predicted octanol–water partition coefficient (Wildman–Crippen LogP) is 0.892. The van der Waals surface area contributed by atoms with Crippen molar-refractivity contribution in [1.82, 2.24) is 5.32 Å². The maximum absolute atomic E-state index is 9.07. The standard InChI is InChI=1S/C10H14BrNO2/c11-9-3-1-2-8(4-9)5-12-6-10(14)7-13/h1-4,10,12-14H,5-7H2/t10-/m1/s1. The van der Waals surface area contributed by atoms with Crippen LogP contribution in [0, 0.1) is 0 Å². The lowest BCUT2D eigenvalue weighted by atomic mass is 10.2. The van der Waals surface area contributed by atoms with Crippen molar-refractivity contribution in [2.24, 2.45) is 0 Å². The number of aliphatic hydroxyl groups excluding tert-OH is 2. The van der Waals surface area contributed by atoms with Crippen LogP contribution in [0.4, 0.5) is 0 Å². The van der Waals surface area contributed by atoms with Gasteiger partial charge in [0, 0.05) is 17.6 Å². The molecule has 0 aliphatic rings. The summed E-state index contributed by atoms with van der Waals surface area (Å²) in [5.74, 6) is 0. The zero-order chi connectivity index (χ0) is 10.4. The molecule has 0 amide bonds. The Hall–Kier alpha value is -0.420. The van der Waals surface area contributed by atoms with Crippen LogP contribution in [-0.2, 0) is 6.54 Å². The Balaban J connectivity index is 2.31. The van der Waals surface area contributed by atoms with Crippen LogP contribution >= 0.6 is 15.9 Å². The highest BCUT2D eigenvalue weighted by molar-refractivity contribution is 9.10. The number of rotatable bonds is 5. The van der Waals surface area contributed by atoms with Crippen LogP contribution in [0.15, 0.2) is 28.7 Å². The summed E-state index contributed by atoms with van der Waals surface area (Å²) in [7, 11) is 0. The molecule has 3 nitrogen and oxygen atoms in total. The van der Waals surface area contributed by atoms with E-state index in [0.29, 0.717) is 13.1 Å². The van der Waals surface area contributed by atoms with Gasteiger partial charge in [0.2, 0.25) is 0 Å². The molecular formula is C10H14BrNO2. The lowest BCUT2D eigenvalue weighted by Crippen LogP contribution is -2.28. The third kappa shape index (κ3) is 4.19. The molecular weight excluding hydrogens is 246 g/mol. The molecule has 1 aromatic rings. The molecule has 3 N–H and O–H groups in total. The predicted molar refractivity (Wildman–Crippen MR) is 58.9 cm³/mol. The zero-order valence-corrected chi connectivity index (χ0v) is 9.37. The molecule has 0 heterocycles. The fourth-order valence-electron chi connectivity index (χ4n) is 1.09. The summed E-state index contributed by atoms with van der Waals surface area (Å²) in [4.78, 5) is 0. The molecule has 1 atom stereocenters. The van der Waals surface area contributed by atoms with Crippen molar-refractivity contribution in [3.63, 3.8) is 0 Å². The first kappa shape index (κ1) is 11.7. The van der Waals surface area contributed by atoms with Crippen LogP contribution in [-0.4, -0.2) is 29.5 Å². The quantitative estimate of drug-likeness (QED) is 0.737. The topological polar surface area (TPSA) is 52.5 Å². The van der Waals surface area contributed by atoms with Crippen LogP contribution in [0.1, 0.15) is 5.56 Å². The summed E-state index contributed by atoms with van der Waals surface area (Å²) in [5.41, 5.74) is 1.14. The molecule has 0 saturated carbocycles. The monoisotopic (exact) mass is 259 g/mol. The second kappa shape index (κ2) is 6.14. The Morgan fingerprint density at radius 2 is 2.21 bits per heavy atom. The van der Waals surface area contributed by atoms with Gasteiger partial charge in [-0.15, -0.1) is 0 Å². The van der Waals surface area contributed by atoms with Gasteiger partial charge in [-0.05, 0) is 17.7 Å². The number of hydrogen-bond donors (Lipinski definition) is 3. The van der Waals surface area contributed by atoms with E-state index in [1.807, 2.05) is 24.3 Å². The molecule has 0 aliphatic heterocycles. The molecule has 0 aromatic heterocycles. The highest BCUT2D eigenvalue weighted by Crippen LogP contribution is 2.11. The number of benzene rings is 1. The van der Waals surface area contributed by atoms with Gasteiger partial charge in [-0.25, -0.2) is 0 Å². The number of nitrogens with one attached hydrogen (secondary N) is 1. The Morgan fingerprint density at radius 3 is 2.86 bits per heavy atom. The van der Waals surface area contributed by atoms with E-state index in [1.165, 1.54) is 0 Å². The molecule has 78 valence electrons. The highest BCUT2D eigenvalue weighted by atomic mass is 79.9. The third-order valence-corrected chi connectivity index (χ3v) is 2.30. The molecule has 14 heavy (non-hydrogen) atoms. The summed E-state index contributed by atoms with van der Waals surface area (Å²) >= 11 is 3.38. The normalized spacial score (nSPS) is 12.8. The van der Waals surface area contributed by atoms with Gasteiger partial charge in [-0.2, -0.15) is 0 Å². The number of hydrogen-bond acceptors (Lipinski definition) is 3. The maximum atomic E-state index is 9.07. The van der Waals surface area contributed by atoms with Gasteiger partial charge < -0.3 is 15.5 Å². The van der Waals surface area contributed by atoms with Crippen molar-refractivity contribution in [2.75, 3.05) is 13.2 Å². The van der Waals surface area contributed by atoms with Gasteiger partial charge in [0.1, 0.15) is 0 Å². The number of aliphatic hydroxyl groups is 2.